The molecular formula is C18H28OSi. The van der Waals surface area contributed by atoms with E-state index in [2.05, 4.69) is 70.3 Å². The zero-order chi connectivity index (χ0) is 15.0. The van der Waals surface area contributed by atoms with Gasteiger partial charge in [-0.2, -0.15) is 0 Å². The number of allylic oxidation sites excluding steroid dienone is 6. The molecule has 0 radical (unpaired) electrons. The van der Waals surface area contributed by atoms with Crippen LogP contribution in [0.1, 0.15) is 33.6 Å². The molecule has 0 aliphatic heterocycles. The summed E-state index contributed by atoms with van der Waals surface area (Å²) in [5.74, 6) is 0. The predicted molar refractivity (Wildman–Crippen MR) is 90.4 cm³/mol. The molecule has 1 atom stereocenters. The van der Waals surface area contributed by atoms with Gasteiger partial charge in [0.2, 0.25) is 0 Å². The summed E-state index contributed by atoms with van der Waals surface area (Å²) in [4.78, 5) is 0. The second-order valence-electron chi connectivity index (χ2n) is 7.44. The highest BCUT2D eigenvalue weighted by atomic mass is 28.3. The summed E-state index contributed by atoms with van der Waals surface area (Å²) in [7, 11) is 0.164. The van der Waals surface area contributed by atoms with Gasteiger partial charge in [0.25, 0.3) is 0 Å². The third kappa shape index (κ3) is 2.29. The summed E-state index contributed by atoms with van der Waals surface area (Å²) in [6, 6.07) is 0. The van der Waals surface area contributed by atoms with E-state index in [0.29, 0.717) is 0 Å². The zero-order valence-corrected chi connectivity index (χ0v) is 14.8. The molecule has 0 saturated carbocycles. The highest BCUT2D eigenvalue weighted by molar-refractivity contribution is 6.87. The fourth-order valence-corrected chi connectivity index (χ4v) is 7.64. The summed E-state index contributed by atoms with van der Waals surface area (Å²) < 4.78 is 6.27. The molecule has 1 unspecified atom stereocenters. The number of hydrogen-bond acceptors (Lipinski definition) is 1. The van der Waals surface area contributed by atoms with E-state index in [1.54, 1.807) is 5.20 Å². The average Bonchev–Trinajstić information content (AvgIpc) is 2.91. The molecule has 0 amide bonds. The summed E-state index contributed by atoms with van der Waals surface area (Å²) in [6.45, 7) is 11.8. The molecule has 0 heterocycles. The monoisotopic (exact) mass is 288 g/mol. The van der Waals surface area contributed by atoms with Crippen molar-refractivity contribution in [3.8, 4) is 0 Å². The Morgan fingerprint density at radius 3 is 2.25 bits per heavy atom. The lowest BCUT2D eigenvalue weighted by atomic mass is 9.79. The molecule has 0 saturated heterocycles. The topological polar surface area (TPSA) is 9.23 Å². The molecule has 1 nitrogen and oxygen atoms in total. The van der Waals surface area contributed by atoms with Gasteiger partial charge in [0, 0.05) is 7.11 Å². The zero-order valence-electron chi connectivity index (χ0n) is 13.8. The molecular weight excluding hydrogens is 260 g/mol. The van der Waals surface area contributed by atoms with E-state index in [4.69, 9.17) is 4.74 Å². The molecule has 0 aromatic carbocycles. The molecule has 2 rings (SSSR count). The molecule has 2 aliphatic rings. The lowest BCUT2D eigenvalue weighted by Crippen LogP contribution is -2.60. The molecule has 0 fully saturated rings. The standard InChI is InChI=1S/C18H28OSi/c1-17(2,3)16-13-9-10-14-18(16,19-4)20(5,6)15-11-7-8-12-15/h7-11,13H,12,14H2,1-6H3. The lowest BCUT2D eigenvalue weighted by molar-refractivity contribution is 0.0694. The molecule has 2 aliphatic carbocycles. The first-order chi connectivity index (χ1) is 9.25. The molecule has 0 N–H and O–H groups in total. The number of rotatable bonds is 3. The van der Waals surface area contributed by atoms with Gasteiger partial charge in [-0.15, -0.1) is 0 Å². The highest BCUT2D eigenvalue weighted by Crippen LogP contribution is 2.48. The van der Waals surface area contributed by atoms with Crippen molar-refractivity contribution in [3.63, 3.8) is 0 Å². The minimum Gasteiger partial charge on any atom is -0.377 e. The van der Waals surface area contributed by atoms with Crippen LogP contribution in [0.15, 0.2) is 47.2 Å². The van der Waals surface area contributed by atoms with Crippen molar-refractivity contribution in [1.29, 1.82) is 0 Å². The fraction of sp³-hybridized carbons (Fsp3) is 0.556. The van der Waals surface area contributed by atoms with Crippen molar-refractivity contribution in [2.45, 2.75) is 51.9 Å². The molecule has 0 spiro atoms. The Balaban J connectivity index is 2.53. The third-order valence-corrected chi connectivity index (χ3v) is 9.65. The van der Waals surface area contributed by atoms with Crippen LogP contribution in [0.5, 0.6) is 0 Å². The largest absolute Gasteiger partial charge is 0.377 e. The van der Waals surface area contributed by atoms with Gasteiger partial charge in [-0.25, -0.2) is 0 Å². The van der Waals surface area contributed by atoms with Crippen molar-refractivity contribution in [2.75, 3.05) is 7.11 Å². The van der Waals surface area contributed by atoms with E-state index in [1.807, 2.05) is 7.11 Å². The van der Waals surface area contributed by atoms with Gasteiger partial charge in [-0.05, 0) is 23.8 Å². The maximum absolute atomic E-state index is 6.27. The van der Waals surface area contributed by atoms with E-state index in [1.165, 1.54) is 5.57 Å². The van der Waals surface area contributed by atoms with Gasteiger partial charge >= 0.3 is 0 Å². The molecule has 110 valence electrons. The third-order valence-electron chi connectivity index (χ3n) is 4.98. The van der Waals surface area contributed by atoms with Crippen molar-refractivity contribution < 1.29 is 4.74 Å². The Morgan fingerprint density at radius 2 is 1.75 bits per heavy atom. The Kier molecular flexibility index (Phi) is 4.00. The van der Waals surface area contributed by atoms with Crippen molar-refractivity contribution in [1.82, 2.24) is 0 Å². The molecule has 20 heavy (non-hydrogen) atoms. The van der Waals surface area contributed by atoms with E-state index >= 15 is 0 Å². The van der Waals surface area contributed by atoms with E-state index in [0.717, 1.165) is 12.8 Å². The molecule has 2 heteroatoms. The predicted octanol–water partition coefficient (Wildman–Crippen LogP) is 4.98. The van der Waals surface area contributed by atoms with Gasteiger partial charge in [0.05, 0.1) is 5.22 Å². The van der Waals surface area contributed by atoms with Crippen LogP contribution in [-0.2, 0) is 4.74 Å². The smallest absolute Gasteiger partial charge is 0.118 e. The van der Waals surface area contributed by atoms with Crippen LogP contribution in [0.4, 0.5) is 0 Å². The van der Waals surface area contributed by atoms with E-state index in [-0.39, 0.29) is 10.6 Å². The molecule has 0 bridgehead atoms. The maximum atomic E-state index is 6.27. The normalized spacial score (nSPS) is 26.7. The van der Waals surface area contributed by atoms with E-state index in [9.17, 15) is 0 Å². The van der Waals surface area contributed by atoms with Crippen molar-refractivity contribution in [3.05, 3.63) is 47.2 Å². The van der Waals surface area contributed by atoms with Crippen LogP contribution in [0, 0.1) is 5.41 Å². The minimum atomic E-state index is -1.74. The Labute approximate surface area is 125 Å². The summed E-state index contributed by atoms with van der Waals surface area (Å²) in [5.41, 5.74) is 1.59. The molecule has 0 aromatic rings. The van der Waals surface area contributed by atoms with Crippen molar-refractivity contribution >= 4 is 8.07 Å². The number of ether oxygens (including phenoxy) is 1. The first-order valence-electron chi connectivity index (χ1n) is 7.55. The van der Waals surface area contributed by atoms with Crippen LogP contribution in [-0.4, -0.2) is 20.4 Å². The Morgan fingerprint density at radius 1 is 1.10 bits per heavy atom. The average molecular weight is 289 g/mol. The van der Waals surface area contributed by atoms with Crippen LogP contribution in [0.2, 0.25) is 13.1 Å². The van der Waals surface area contributed by atoms with Crippen LogP contribution < -0.4 is 0 Å². The second kappa shape index (κ2) is 5.16. The Bertz CT molecular complexity index is 500. The Hall–Kier alpha value is -0.863. The van der Waals surface area contributed by atoms with Crippen LogP contribution >= 0.6 is 0 Å². The van der Waals surface area contributed by atoms with Gasteiger partial charge in [-0.3, -0.25) is 0 Å². The van der Waals surface area contributed by atoms with Crippen LogP contribution in [0.3, 0.4) is 0 Å². The van der Waals surface area contributed by atoms with E-state index < -0.39 is 8.07 Å². The van der Waals surface area contributed by atoms with Gasteiger partial charge < -0.3 is 4.74 Å². The summed E-state index contributed by atoms with van der Waals surface area (Å²) in [6.07, 6.45) is 15.7. The second-order valence-corrected chi connectivity index (χ2v) is 12.1. The summed E-state index contributed by atoms with van der Waals surface area (Å²) >= 11 is 0. The first kappa shape index (κ1) is 15.5. The lowest BCUT2D eigenvalue weighted by Gasteiger charge is -2.51. The first-order valence-corrected chi connectivity index (χ1v) is 10.5. The van der Waals surface area contributed by atoms with Gasteiger partial charge in [-0.1, -0.05) is 75.5 Å². The van der Waals surface area contributed by atoms with Crippen molar-refractivity contribution in [2.24, 2.45) is 5.41 Å². The van der Waals surface area contributed by atoms with Gasteiger partial charge in [0.1, 0.15) is 8.07 Å². The van der Waals surface area contributed by atoms with Crippen LogP contribution in [0.25, 0.3) is 0 Å². The van der Waals surface area contributed by atoms with Gasteiger partial charge in [0.15, 0.2) is 0 Å². The summed E-state index contributed by atoms with van der Waals surface area (Å²) in [5, 5.41) is 1.49. The highest BCUT2D eigenvalue weighted by Gasteiger charge is 2.53. The number of methoxy groups -OCH3 is 1. The quantitative estimate of drug-likeness (QED) is 0.666. The maximum Gasteiger partial charge on any atom is 0.118 e. The fourth-order valence-electron chi connectivity index (χ4n) is 3.71. The minimum absolute atomic E-state index is 0.113. The molecule has 0 aromatic heterocycles. The SMILES string of the molecule is COC1([Si](C)(C)C2=CC=CC2)CC=CC=C1C(C)(C)C. The number of hydrogen-bond donors (Lipinski definition) is 0.